The number of anilines is 1. The molecule has 9 heteroatoms. The SMILES string of the molecule is CC(Oc1ccc(C(C)(C)O)c2nc(N)nn12)C(F)(F)F. The summed E-state index contributed by atoms with van der Waals surface area (Å²) in [5.41, 5.74) is 4.75. The normalized spacial score (nSPS) is 14.4. The summed E-state index contributed by atoms with van der Waals surface area (Å²) in [5.74, 6) is -0.289. The minimum atomic E-state index is -4.51. The molecule has 0 radical (unpaired) electrons. The molecule has 0 saturated carbocycles. The molecule has 2 aromatic heterocycles. The van der Waals surface area contributed by atoms with E-state index >= 15 is 0 Å². The second kappa shape index (κ2) is 4.76. The highest BCUT2D eigenvalue weighted by molar-refractivity contribution is 5.54. The van der Waals surface area contributed by atoms with Gasteiger partial charge in [-0.3, -0.25) is 0 Å². The third-order valence-corrected chi connectivity index (χ3v) is 2.88. The van der Waals surface area contributed by atoms with E-state index < -0.39 is 17.9 Å². The number of hydrogen-bond acceptors (Lipinski definition) is 5. The number of hydrogen-bond donors (Lipinski definition) is 2. The van der Waals surface area contributed by atoms with E-state index in [2.05, 4.69) is 10.1 Å². The van der Waals surface area contributed by atoms with E-state index in [0.717, 1.165) is 11.4 Å². The molecule has 2 rings (SSSR count). The topological polar surface area (TPSA) is 85.7 Å². The summed E-state index contributed by atoms with van der Waals surface area (Å²) in [4.78, 5) is 3.92. The van der Waals surface area contributed by atoms with E-state index in [1.807, 2.05) is 0 Å². The molecule has 0 aliphatic heterocycles. The Morgan fingerprint density at radius 3 is 2.48 bits per heavy atom. The molecule has 0 amide bonds. The van der Waals surface area contributed by atoms with Crippen LogP contribution in [-0.2, 0) is 5.60 Å². The predicted molar refractivity (Wildman–Crippen MR) is 68.8 cm³/mol. The van der Waals surface area contributed by atoms with E-state index in [1.165, 1.54) is 26.0 Å². The molecule has 0 bridgehead atoms. The zero-order valence-electron chi connectivity index (χ0n) is 11.6. The van der Waals surface area contributed by atoms with E-state index in [-0.39, 0.29) is 17.5 Å². The fourth-order valence-corrected chi connectivity index (χ4v) is 1.77. The van der Waals surface area contributed by atoms with Gasteiger partial charge in [0.1, 0.15) is 0 Å². The number of pyridine rings is 1. The molecule has 6 nitrogen and oxygen atoms in total. The van der Waals surface area contributed by atoms with Gasteiger partial charge >= 0.3 is 6.18 Å². The lowest BCUT2D eigenvalue weighted by molar-refractivity contribution is -0.190. The molecule has 0 aromatic carbocycles. The van der Waals surface area contributed by atoms with E-state index in [0.29, 0.717) is 5.56 Å². The van der Waals surface area contributed by atoms with Crippen LogP contribution in [0.25, 0.3) is 5.65 Å². The van der Waals surface area contributed by atoms with Crippen LogP contribution in [0.3, 0.4) is 0 Å². The number of halogens is 3. The Balaban J connectivity index is 2.53. The van der Waals surface area contributed by atoms with Gasteiger partial charge in [0.05, 0.1) is 5.60 Å². The number of nitrogen functional groups attached to an aromatic ring is 1. The molecule has 0 aliphatic carbocycles. The second-order valence-electron chi connectivity index (χ2n) is 5.15. The van der Waals surface area contributed by atoms with Gasteiger partial charge in [0.25, 0.3) is 0 Å². The highest BCUT2D eigenvalue weighted by Gasteiger charge is 2.38. The van der Waals surface area contributed by atoms with Crippen LogP contribution in [0.5, 0.6) is 5.88 Å². The van der Waals surface area contributed by atoms with Crippen molar-refractivity contribution < 1.29 is 23.0 Å². The highest BCUT2D eigenvalue weighted by atomic mass is 19.4. The number of aromatic nitrogens is 3. The first-order valence-electron chi connectivity index (χ1n) is 6.11. The zero-order chi connectivity index (χ0) is 16.0. The first-order chi connectivity index (χ1) is 9.50. The second-order valence-corrected chi connectivity index (χ2v) is 5.15. The van der Waals surface area contributed by atoms with Gasteiger partial charge in [-0.25, -0.2) is 0 Å². The number of alkyl halides is 3. The van der Waals surface area contributed by atoms with Crippen molar-refractivity contribution in [3.05, 3.63) is 17.7 Å². The Morgan fingerprint density at radius 1 is 1.33 bits per heavy atom. The molecule has 0 saturated heterocycles. The van der Waals surface area contributed by atoms with Gasteiger partial charge < -0.3 is 15.6 Å². The average Bonchev–Trinajstić information content (AvgIpc) is 2.67. The summed E-state index contributed by atoms with van der Waals surface area (Å²) in [6, 6.07) is 2.72. The fraction of sp³-hybridized carbons (Fsp3) is 0.500. The molecule has 0 spiro atoms. The maximum atomic E-state index is 12.6. The summed E-state index contributed by atoms with van der Waals surface area (Å²) < 4.78 is 43.6. The molecule has 2 aromatic rings. The van der Waals surface area contributed by atoms with Crippen molar-refractivity contribution in [1.29, 1.82) is 0 Å². The third kappa shape index (κ3) is 3.02. The van der Waals surface area contributed by atoms with Crippen molar-refractivity contribution in [3.63, 3.8) is 0 Å². The van der Waals surface area contributed by atoms with Crippen molar-refractivity contribution in [2.45, 2.75) is 38.7 Å². The minimum Gasteiger partial charge on any atom is -0.465 e. The maximum Gasteiger partial charge on any atom is 0.425 e. The number of rotatable bonds is 3. The van der Waals surface area contributed by atoms with Crippen molar-refractivity contribution >= 4 is 11.6 Å². The van der Waals surface area contributed by atoms with Crippen molar-refractivity contribution in [2.75, 3.05) is 5.73 Å². The molecule has 2 heterocycles. The lowest BCUT2D eigenvalue weighted by Gasteiger charge is -2.21. The van der Waals surface area contributed by atoms with Gasteiger partial charge in [0.2, 0.25) is 11.8 Å². The molecule has 1 unspecified atom stereocenters. The van der Waals surface area contributed by atoms with Gasteiger partial charge in [0, 0.05) is 11.6 Å². The number of fused-ring (bicyclic) bond motifs is 1. The van der Waals surface area contributed by atoms with Crippen LogP contribution in [0.4, 0.5) is 19.1 Å². The average molecular weight is 304 g/mol. The molecule has 21 heavy (non-hydrogen) atoms. The molecule has 0 aliphatic rings. The van der Waals surface area contributed by atoms with E-state index in [4.69, 9.17) is 10.5 Å². The Labute approximate surface area is 118 Å². The standard InChI is InChI=1S/C12H15F3N4O2/c1-6(12(13,14)15)21-8-5-4-7(11(2,3)20)9-17-10(16)18-19(8)9/h4-6,20H,1-3H3,(H2,16,18). The van der Waals surface area contributed by atoms with Gasteiger partial charge in [0.15, 0.2) is 11.8 Å². The van der Waals surface area contributed by atoms with Crippen LogP contribution in [0, 0.1) is 0 Å². The minimum absolute atomic E-state index is 0.129. The summed E-state index contributed by atoms with van der Waals surface area (Å²) in [6.45, 7) is 3.92. The first kappa shape index (κ1) is 15.4. The monoisotopic (exact) mass is 304 g/mol. The Hall–Kier alpha value is -2.03. The van der Waals surface area contributed by atoms with Crippen LogP contribution in [0.15, 0.2) is 12.1 Å². The van der Waals surface area contributed by atoms with Crippen molar-refractivity contribution in [3.8, 4) is 5.88 Å². The van der Waals surface area contributed by atoms with E-state index in [1.54, 1.807) is 0 Å². The van der Waals surface area contributed by atoms with Gasteiger partial charge in [-0.15, -0.1) is 5.10 Å². The summed E-state index contributed by atoms with van der Waals surface area (Å²) in [6.07, 6.45) is -6.52. The molecule has 1 atom stereocenters. The smallest absolute Gasteiger partial charge is 0.425 e. The number of nitrogens with zero attached hydrogens (tertiary/aromatic N) is 3. The zero-order valence-corrected chi connectivity index (χ0v) is 11.6. The van der Waals surface area contributed by atoms with Crippen molar-refractivity contribution in [1.82, 2.24) is 14.6 Å². The number of aliphatic hydroxyl groups is 1. The molecule has 0 fully saturated rings. The van der Waals surface area contributed by atoms with Gasteiger partial charge in [-0.2, -0.15) is 22.7 Å². The van der Waals surface area contributed by atoms with Gasteiger partial charge in [-0.05, 0) is 26.8 Å². The van der Waals surface area contributed by atoms with Crippen LogP contribution in [0.1, 0.15) is 26.3 Å². The Bertz CT molecular complexity index is 661. The van der Waals surface area contributed by atoms with Crippen LogP contribution < -0.4 is 10.5 Å². The molecule has 116 valence electrons. The third-order valence-electron chi connectivity index (χ3n) is 2.88. The largest absolute Gasteiger partial charge is 0.465 e. The first-order valence-corrected chi connectivity index (χ1v) is 6.11. The van der Waals surface area contributed by atoms with Crippen LogP contribution in [-0.4, -0.2) is 32.0 Å². The quantitative estimate of drug-likeness (QED) is 0.904. The Morgan fingerprint density at radius 2 is 1.95 bits per heavy atom. The summed E-state index contributed by atoms with van der Waals surface area (Å²) >= 11 is 0. The predicted octanol–water partition coefficient (Wildman–Crippen LogP) is 1.87. The lowest BCUT2D eigenvalue weighted by atomic mass is 10.00. The van der Waals surface area contributed by atoms with Crippen LogP contribution >= 0.6 is 0 Å². The van der Waals surface area contributed by atoms with E-state index in [9.17, 15) is 18.3 Å². The molecular formula is C12H15F3N4O2. The Kier molecular flexibility index (Phi) is 3.48. The van der Waals surface area contributed by atoms with Crippen LogP contribution in [0.2, 0.25) is 0 Å². The summed E-state index contributed by atoms with van der Waals surface area (Å²) in [7, 11) is 0. The maximum absolute atomic E-state index is 12.6. The van der Waals surface area contributed by atoms with Gasteiger partial charge in [-0.1, -0.05) is 0 Å². The highest BCUT2D eigenvalue weighted by Crippen LogP contribution is 2.29. The summed E-state index contributed by atoms with van der Waals surface area (Å²) in [5, 5.41) is 13.9. The number of nitrogens with two attached hydrogens (primary N) is 1. The fourth-order valence-electron chi connectivity index (χ4n) is 1.77. The molecule has 3 N–H and O–H groups in total. The van der Waals surface area contributed by atoms with Crippen molar-refractivity contribution in [2.24, 2.45) is 0 Å². The lowest BCUT2D eigenvalue weighted by Crippen LogP contribution is -2.32. The number of ether oxygens (including phenoxy) is 1. The molecular weight excluding hydrogens is 289 g/mol.